The minimum Gasteiger partial charge on any atom is -0.309 e. The molecule has 0 saturated heterocycles. The fraction of sp³-hybridized carbons (Fsp3) is 0.0968. The maximum Gasteiger partial charge on any atom is 0.246 e. The quantitative estimate of drug-likeness (QED) is 0.261. The highest BCUT2D eigenvalue weighted by Gasteiger charge is 2.29. The molecule has 0 spiro atoms. The number of benzene rings is 4. The zero-order chi connectivity index (χ0) is 24.4. The Balaban J connectivity index is 1.51. The third-order valence-electron chi connectivity index (χ3n) is 7.33. The second-order valence-electron chi connectivity index (χ2n) is 9.48. The van der Waals surface area contributed by atoms with E-state index < -0.39 is 15.3 Å². The molecule has 7 rings (SSSR count). The first-order chi connectivity index (χ1) is 17.5. The predicted molar refractivity (Wildman–Crippen MR) is 149 cm³/mol. The monoisotopic (exact) mass is 488 g/mol. The fourth-order valence-electron chi connectivity index (χ4n) is 5.60. The summed E-state index contributed by atoms with van der Waals surface area (Å²) in [4.78, 5) is 0. The summed E-state index contributed by atoms with van der Waals surface area (Å²) in [5, 5.41) is 3.68. The van der Waals surface area contributed by atoms with Crippen LogP contribution in [-0.2, 0) is 10.0 Å². The Labute approximate surface area is 209 Å². The first kappa shape index (κ1) is 21.2. The van der Waals surface area contributed by atoms with E-state index in [0.717, 1.165) is 33.1 Å². The van der Waals surface area contributed by atoms with Gasteiger partial charge in [0, 0.05) is 27.2 Å². The van der Waals surface area contributed by atoms with Gasteiger partial charge in [-0.3, -0.25) is 0 Å². The number of hydrogen-bond donors (Lipinski definition) is 0. The Morgan fingerprint density at radius 3 is 1.86 bits per heavy atom. The van der Waals surface area contributed by atoms with Crippen LogP contribution < -0.4 is 0 Å². The fourth-order valence-corrected chi connectivity index (χ4v) is 7.36. The molecule has 0 fully saturated rings. The van der Waals surface area contributed by atoms with Crippen molar-refractivity contribution in [1.82, 2.24) is 8.54 Å². The third-order valence-corrected chi connectivity index (χ3v) is 9.35. The van der Waals surface area contributed by atoms with Crippen molar-refractivity contribution < 1.29 is 8.42 Å². The third kappa shape index (κ3) is 2.96. The number of fused-ring (bicyclic) bond motifs is 6. The molecule has 6 aromatic rings. The summed E-state index contributed by atoms with van der Waals surface area (Å²) in [6.07, 6.45) is 6.20. The largest absolute Gasteiger partial charge is 0.309 e. The lowest BCUT2D eigenvalue weighted by molar-refractivity contribution is 0.582. The molecule has 5 heteroatoms. The number of hydrogen-bond acceptors (Lipinski definition) is 2. The van der Waals surface area contributed by atoms with E-state index in [1.165, 1.54) is 10.8 Å². The first-order valence-electron chi connectivity index (χ1n) is 12.2. The lowest BCUT2D eigenvalue weighted by Crippen LogP contribution is -2.26. The number of para-hydroxylation sites is 3. The summed E-state index contributed by atoms with van der Waals surface area (Å²) in [5.41, 5.74) is 5.79. The maximum absolute atomic E-state index is 13.9. The summed E-state index contributed by atoms with van der Waals surface area (Å²) in [6, 6.07) is 30.7. The van der Waals surface area contributed by atoms with Crippen molar-refractivity contribution in [2.75, 3.05) is 0 Å². The molecule has 0 saturated carbocycles. The van der Waals surface area contributed by atoms with Crippen LogP contribution in [0.5, 0.6) is 0 Å². The lowest BCUT2D eigenvalue weighted by atomic mass is 10.1. The van der Waals surface area contributed by atoms with Crippen LogP contribution >= 0.6 is 0 Å². The molecule has 0 aliphatic heterocycles. The number of nitrogens with zero attached hydrogens (tertiary/aromatic N) is 2. The van der Waals surface area contributed by atoms with Gasteiger partial charge in [0.1, 0.15) is 5.25 Å². The number of allylic oxidation sites excluding steroid dienone is 3. The van der Waals surface area contributed by atoms with E-state index in [1.54, 1.807) is 3.97 Å². The lowest BCUT2D eigenvalue weighted by Gasteiger charge is -2.18. The van der Waals surface area contributed by atoms with Crippen molar-refractivity contribution in [2.24, 2.45) is 0 Å². The van der Waals surface area contributed by atoms with E-state index >= 15 is 0 Å². The highest BCUT2D eigenvalue weighted by molar-refractivity contribution is 7.91. The van der Waals surface area contributed by atoms with Crippen molar-refractivity contribution in [1.29, 1.82) is 0 Å². The van der Waals surface area contributed by atoms with Gasteiger partial charge < -0.3 is 4.57 Å². The average Bonchev–Trinajstić information content (AvgIpc) is 3.42. The predicted octanol–water partition coefficient (Wildman–Crippen LogP) is 7.34. The summed E-state index contributed by atoms with van der Waals surface area (Å²) < 4.78 is 31.7. The van der Waals surface area contributed by atoms with E-state index in [4.69, 9.17) is 0 Å². The molecule has 0 radical (unpaired) electrons. The molecule has 4 aromatic carbocycles. The molecule has 0 N–H and O–H groups in total. The second-order valence-corrected chi connectivity index (χ2v) is 11.5. The summed E-state index contributed by atoms with van der Waals surface area (Å²) >= 11 is 0. The maximum atomic E-state index is 13.9. The zero-order valence-electron chi connectivity index (χ0n) is 19.8. The molecule has 1 atom stereocenters. The molecule has 36 heavy (non-hydrogen) atoms. The molecule has 0 amide bonds. The van der Waals surface area contributed by atoms with Crippen LogP contribution in [0.4, 0.5) is 0 Å². The second kappa shape index (κ2) is 7.70. The molecule has 0 bridgehead atoms. The van der Waals surface area contributed by atoms with Crippen molar-refractivity contribution in [3.8, 4) is 5.69 Å². The Hall–Kier alpha value is -4.09. The minimum atomic E-state index is -3.65. The Kier molecular flexibility index (Phi) is 4.54. The van der Waals surface area contributed by atoms with Gasteiger partial charge in [-0.25, -0.2) is 12.4 Å². The highest BCUT2D eigenvalue weighted by Crippen LogP contribution is 2.37. The van der Waals surface area contributed by atoms with E-state index in [-0.39, 0.29) is 0 Å². The average molecular weight is 489 g/mol. The Morgan fingerprint density at radius 2 is 1.25 bits per heavy atom. The van der Waals surface area contributed by atoms with E-state index in [9.17, 15) is 8.42 Å². The standard InChI is InChI=1S/C31H24N2O2S/c1-21-14-17-23(18-15-21)36(34,35)33-30-13-7-4-10-26(30)27-20-22(16-19-31(27)33)32-28-11-5-2-8-24(28)25-9-3-6-12-29(25)32/h2-17,19-20,23H,18H2,1H3. The van der Waals surface area contributed by atoms with Crippen LogP contribution in [0.2, 0.25) is 0 Å². The van der Waals surface area contributed by atoms with Gasteiger partial charge in [-0.2, -0.15) is 0 Å². The number of rotatable bonds is 3. The van der Waals surface area contributed by atoms with Gasteiger partial charge in [-0.1, -0.05) is 78.4 Å². The van der Waals surface area contributed by atoms with Gasteiger partial charge in [0.2, 0.25) is 10.0 Å². The summed E-state index contributed by atoms with van der Waals surface area (Å²) in [5.74, 6) is 0. The normalized spacial score (nSPS) is 16.4. The Bertz CT molecular complexity index is 1950. The molecule has 2 aromatic heterocycles. The van der Waals surface area contributed by atoms with Gasteiger partial charge in [0.15, 0.2) is 0 Å². The van der Waals surface area contributed by atoms with E-state index in [0.29, 0.717) is 17.5 Å². The topological polar surface area (TPSA) is 44.0 Å². The molecule has 1 aliphatic carbocycles. The van der Waals surface area contributed by atoms with Crippen molar-refractivity contribution in [3.63, 3.8) is 0 Å². The number of aromatic nitrogens is 2. The highest BCUT2D eigenvalue weighted by atomic mass is 32.2. The molecular formula is C31H24N2O2S. The van der Waals surface area contributed by atoms with Crippen molar-refractivity contribution >= 4 is 53.6 Å². The van der Waals surface area contributed by atoms with Crippen LogP contribution in [-0.4, -0.2) is 22.2 Å². The molecular weight excluding hydrogens is 464 g/mol. The van der Waals surface area contributed by atoms with Gasteiger partial charge in [-0.15, -0.1) is 0 Å². The van der Waals surface area contributed by atoms with Gasteiger partial charge in [0.05, 0.1) is 22.1 Å². The van der Waals surface area contributed by atoms with Crippen LogP contribution in [0.3, 0.4) is 0 Å². The minimum absolute atomic E-state index is 0.484. The van der Waals surface area contributed by atoms with Gasteiger partial charge >= 0.3 is 0 Å². The SMILES string of the molecule is CC1=CCC(S(=O)(=O)n2c3ccccc3c3cc(-n4c5ccccc5c5ccccc54)ccc32)C=C1. The van der Waals surface area contributed by atoms with E-state index in [1.807, 2.05) is 61.5 Å². The van der Waals surface area contributed by atoms with Crippen LogP contribution in [0.15, 0.2) is 115 Å². The zero-order valence-corrected chi connectivity index (χ0v) is 20.6. The van der Waals surface area contributed by atoms with Crippen molar-refractivity contribution in [3.05, 3.63) is 115 Å². The first-order valence-corrected chi connectivity index (χ1v) is 13.7. The van der Waals surface area contributed by atoms with E-state index in [2.05, 4.69) is 59.2 Å². The van der Waals surface area contributed by atoms with Gasteiger partial charge in [0.25, 0.3) is 0 Å². The molecule has 176 valence electrons. The summed E-state index contributed by atoms with van der Waals surface area (Å²) in [7, 11) is -3.65. The molecule has 2 heterocycles. The molecule has 4 nitrogen and oxygen atoms in total. The van der Waals surface area contributed by atoms with Crippen LogP contribution in [0.1, 0.15) is 13.3 Å². The summed E-state index contributed by atoms with van der Waals surface area (Å²) in [6.45, 7) is 2.00. The van der Waals surface area contributed by atoms with Crippen molar-refractivity contribution in [2.45, 2.75) is 18.6 Å². The van der Waals surface area contributed by atoms with Gasteiger partial charge in [-0.05, 0) is 49.7 Å². The Morgan fingerprint density at radius 1 is 0.694 bits per heavy atom. The van der Waals surface area contributed by atoms with Crippen LogP contribution in [0, 0.1) is 0 Å². The molecule has 1 aliphatic rings. The molecule has 1 unspecified atom stereocenters. The van der Waals surface area contributed by atoms with Crippen LogP contribution in [0.25, 0.3) is 49.3 Å². The smallest absolute Gasteiger partial charge is 0.246 e.